The fourth-order valence-corrected chi connectivity index (χ4v) is 1.83. The number of benzene rings is 2. The van der Waals surface area contributed by atoms with Crippen LogP contribution >= 0.6 is 11.6 Å². The van der Waals surface area contributed by atoms with E-state index in [0.29, 0.717) is 16.3 Å². The van der Waals surface area contributed by atoms with Gasteiger partial charge in [0.15, 0.2) is 6.61 Å². The van der Waals surface area contributed by atoms with Gasteiger partial charge < -0.3 is 4.74 Å². The minimum absolute atomic E-state index is 0.228. The Labute approximate surface area is 133 Å². The number of carbonyl (C=O) groups is 2. The fourth-order valence-electron chi connectivity index (χ4n) is 1.65. The highest BCUT2D eigenvalue weighted by atomic mass is 35.5. The van der Waals surface area contributed by atoms with Crippen LogP contribution in [0.3, 0.4) is 0 Å². The molecule has 0 radical (unpaired) electrons. The van der Waals surface area contributed by atoms with E-state index in [1.165, 1.54) is 0 Å². The zero-order valence-corrected chi connectivity index (χ0v) is 12.7. The molecule has 114 valence electrons. The molecule has 0 aliphatic carbocycles. The third-order valence-corrected chi connectivity index (χ3v) is 3.03. The van der Waals surface area contributed by atoms with Crippen LogP contribution in [0.4, 0.5) is 0 Å². The van der Waals surface area contributed by atoms with E-state index in [1.54, 1.807) is 36.4 Å². The maximum atomic E-state index is 11.8. The van der Waals surface area contributed by atoms with Gasteiger partial charge in [0.25, 0.3) is 11.8 Å². The number of hydrogen-bond donors (Lipinski definition) is 2. The molecular weight excluding hydrogens is 304 g/mol. The molecule has 0 fully saturated rings. The molecule has 0 bridgehead atoms. The lowest BCUT2D eigenvalue weighted by atomic mass is 10.1. The van der Waals surface area contributed by atoms with Gasteiger partial charge in [0.1, 0.15) is 5.75 Å². The zero-order valence-electron chi connectivity index (χ0n) is 11.9. The van der Waals surface area contributed by atoms with Gasteiger partial charge in [-0.25, -0.2) is 0 Å². The highest BCUT2D eigenvalue weighted by Gasteiger charge is 2.07. The van der Waals surface area contributed by atoms with Crippen LogP contribution in [0.15, 0.2) is 48.5 Å². The van der Waals surface area contributed by atoms with Crippen molar-refractivity contribution in [3.63, 3.8) is 0 Å². The van der Waals surface area contributed by atoms with E-state index < -0.39 is 11.8 Å². The Balaban J connectivity index is 1.78. The van der Waals surface area contributed by atoms with Crippen molar-refractivity contribution in [1.82, 2.24) is 10.9 Å². The molecule has 2 amide bonds. The first-order valence-corrected chi connectivity index (χ1v) is 6.96. The predicted octanol–water partition coefficient (Wildman–Crippen LogP) is 2.49. The van der Waals surface area contributed by atoms with E-state index in [0.717, 1.165) is 5.56 Å². The topological polar surface area (TPSA) is 67.4 Å². The Bertz CT molecular complexity index is 671. The van der Waals surface area contributed by atoms with E-state index in [2.05, 4.69) is 10.9 Å². The molecule has 5 nitrogen and oxygen atoms in total. The maximum Gasteiger partial charge on any atom is 0.276 e. The SMILES string of the molecule is Cc1ccc(C(=O)NNC(=O)COc2cccc(Cl)c2)cc1. The highest BCUT2D eigenvalue weighted by molar-refractivity contribution is 6.30. The van der Waals surface area contributed by atoms with Crippen molar-refractivity contribution in [2.24, 2.45) is 0 Å². The Morgan fingerprint density at radius 2 is 1.82 bits per heavy atom. The number of amides is 2. The summed E-state index contributed by atoms with van der Waals surface area (Å²) in [7, 11) is 0. The minimum atomic E-state index is -0.472. The zero-order chi connectivity index (χ0) is 15.9. The van der Waals surface area contributed by atoms with Crippen molar-refractivity contribution in [3.05, 3.63) is 64.7 Å². The van der Waals surface area contributed by atoms with Crippen molar-refractivity contribution < 1.29 is 14.3 Å². The predicted molar refractivity (Wildman–Crippen MR) is 83.7 cm³/mol. The van der Waals surface area contributed by atoms with Gasteiger partial charge in [-0.2, -0.15) is 0 Å². The number of carbonyl (C=O) groups excluding carboxylic acids is 2. The fraction of sp³-hybridized carbons (Fsp3) is 0.125. The summed E-state index contributed by atoms with van der Waals surface area (Å²) in [5, 5.41) is 0.519. The van der Waals surface area contributed by atoms with Crippen LogP contribution in [0.2, 0.25) is 5.02 Å². The number of aryl methyl sites for hydroxylation is 1. The largest absolute Gasteiger partial charge is 0.484 e. The minimum Gasteiger partial charge on any atom is -0.484 e. The van der Waals surface area contributed by atoms with Gasteiger partial charge in [-0.15, -0.1) is 0 Å². The Morgan fingerprint density at radius 3 is 2.50 bits per heavy atom. The first kappa shape index (κ1) is 15.9. The molecule has 0 saturated carbocycles. The molecule has 0 unspecified atom stereocenters. The molecule has 0 atom stereocenters. The third-order valence-electron chi connectivity index (χ3n) is 2.80. The Hall–Kier alpha value is -2.53. The van der Waals surface area contributed by atoms with Crippen LogP contribution in [-0.4, -0.2) is 18.4 Å². The average molecular weight is 319 g/mol. The molecular formula is C16H15ClN2O3. The summed E-state index contributed by atoms with van der Waals surface area (Å²) in [5.41, 5.74) is 6.12. The molecule has 0 aliphatic rings. The summed E-state index contributed by atoms with van der Waals surface area (Å²) in [6, 6.07) is 13.7. The van der Waals surface area contributed by atoms with Crippen molar-refractivity contribution in [2.45, 2.75) is 6.92 Å². The number of halogens is 1. The van der Waals surface area contributed by atoms with Crippen molar-refractivity contribution in [1.29, 1.82) is 0 Å². The molecule has 0 saturated heterocycles. The molecule has 6 heteroatoms. The molecule has 0 heterocycles. The number of hydrazine groups is 1. The number of ether oxygens (including phenoxy) is 1. The van der Waals surface area contributed by atoms with Crippen LogP contribution in [0.5, 0.6) is 5.75 Å². The van der Waals surface area contributed by atoms with Crippen molar-refractivity contribution >= 4 is 23.4 Å². The second-order valence-corrected chi connectivity index (χ2v) is 5.05. The molecule has 2 aromatic rings. The van der Waals surface area contributed by atoms with Crippen LogP contribution < -0.4 is 15.6 Å². The average Bonchev–Trinajstić information content (AvgIpc) is 2.51. The summed E-state index contributed by atoms with van der Waals surface area (Å²) < 4.78 is 5.25. The number of rotatable bonds is 4. The molecule has 2 aromatic carbocycles. The molecule has 0 aliphatic heterocycles. The van der Waals surface area contributed by atoms with E-state index in [1.807, 2.05) is 19.1 Å². The van der Waals surface area contributed by atoms with E-state index in [9.17, 15) is 9.59 Å². The molecule has 2 rings (SSSR count). The van der Waals surface area contributed by atoms with Crippen LogP contribution in [0, 0.1) is 6.92 Å². The van der Waals surface area contributed by atoms with Crippen molar-refractivity contribution in [3.8, 4) is 5.75 Å². The van der Waals surface area contributed by atoms with Gasteiger partial charge >= 0.3 is 0 Å². The second-order valence-electron chi connectivity index (χ2n) is 4.61. The first-order chi connectivity index (χ1) is 10.5. The van der Waals surface area contributed by atoms with Gasteiger partial charge in [0, 0.05) is 10.6 Å². The number of hydrogen-bond acceptors (Lipinski definition) is 3. The molecule has 0 spiro atoms. The monoisotopic (exact) mass is 318 g/mol. The van der Waals surface area contributed by atoms with Crippen molar-refractivity contribution in [2.75, 3.05) is 6.61 Å². The van der Waals surface area contributed by atoms with E-state index >= 15 is 0 Å². The van der Waals surface area contributed by atoms with Gasteiger partial charge in [-0.05, 0) is 37.3 Å². The normalized spacial score (nSPS) is 9.91. The van der Waals surface area contributed by atoms with Crippen LogP contribution in [-0.2, 0) is 4.79 Å². The number of nitrogens with one attached hydrogen (secondary N) is 2. The summed E-state index contributed by atoms with van der Waals surface area (Å²) in [6.07, 6.45) is 0. The van der Waals surface area contributed by atoms with Crippen LogP contribution in [0.1, 0.15) is 15.9 Å². The highest BCUT2D eigenvalue weighted by Crippen LogP contribution is 2.16. The molecule has 0 aromatic heterocycles. The molecule has 22 heavy (non-hydrogen) atoms. The maximum absolute atomic E-state index is 11.8. The lowest BCUT2D eigenvalue weighted by molar-refractivity contribution is -0.123. The van der Waals surface area contributed by atoms with Gasteiger partial charge in [0.05, 0.1) is 0 Å². The lowest BCUT2D eigenvalue weighted by Crippen LogP contribution is -2.43. The summed E-state index contributed by atoms with van der Waals surface area (Å²) in [5.74, 6) is -0.385. The van der Waals surface area contributed by atoms with E-state index in [4.69, 9.17) is 16.3 Å². The van der Waals surface area contributed by atoms with Gasteiger partial charge in [0.2, 0.25) is 0 Å². The Kier molecular flexibility index (Phi) is 5.38. The third kappa shape index (κ3) is 4.79. The van der Waals surface area contributed by atoms with Gasteiger partial charge in [-0.1, -0.05) is 35.4 Å². The first-order valence-electron chi connectivity index (χ1n) is 6.59. The second kappa shape index (κ2) is 7.47. The molecule has 2 N–H and O–H groups in total. The van der Waals surface area contributed by atoms with Crippen LogP contribution in [0.25, 0.3) is 0 Å². The quantitative estimate of drug-likeness (QED) is 0.851. The summed E-state index contributed by atoms with van der Waals surface area (Å²) >= 11 is 5.80. The van der Waals surface area contributed by atoms with E-state index in [-0.39, 0.29) is 6.61 Å². The Morgan fingerprint density at radius 1 is 1.09 bits per heavy atom. The summed E-state index contributed by atoms with van der Waals surface area (Å²) in [6.45, 7) is 1.70. The smallest absolute Gasteiger partial charge is 0.276 e. The van der Waals surface area contributed by atoms with Gasteiger partial charge in [-0.3, -0.25) is 20.4 Å². The standard InChI is InChI=1S/C16H15ClN2O3/c1-11-5-7-12(8-6-11)16(21)19-18-15(20)10-22-14-4-2-3-13(17)9-14/h2-9H,10H2,1H3,(H,18,20)(H,19,21). The summed E-state index contributed by atoms with van der Waals surface area (Å²) in [4.78, 5) is 23.4. The lowest BCUT2D eigenvalue weighted by Gasteiger charge is -2.09.